The second kappa shape index (κ2) is 10.4. The zero-order chi connectivity index (χ0) is 21.3. The third kappa shape index (κ3) is 5.80. The van der Waals surface area contributed by atoms with Crippen LogP contribution < -0.4 is 5.32 Å². The molecule has 0 bridgehead atoms. The molecule has 2 atom stereocenters. The number of aromatic nitrogens is 1. The first kappa shape index (κ1) is 21.3. The molecule has 0 aliphatic rings. The van der Waals surface area contributed by atoms with E-state index in [2.05, 4.69) is 17.2 Å². The molecule has 6 heteroatoms. The van der Waals surface area contributed by atoms with Crippen LogP contribution in [0.15, 0.2) is 71.3 Å². The molecule has 0 aliphatic carbocycles. The van der Waals surface area contributed by atoms with Gasteiger partial charge in [-0.1, -0.05) is 61.9 Å². The van der Waals surface area contributed by atoms with E-state index in [-0.39, 0.29) is 18.4 Å². The minimum absolute atomic E-state index is 0.0645. The van der Waals surface area contributed by atoms with Crippen LogP contribution >= 0.6 is 0 Å². The number of nitrogens with one attached hydrogen (secondary N) is 1. The van der Waals surface area contributed by atoms with E-state index in [4.69, 9.17) is 9.15 Å². The summed E-state index contributed by atoms with van der Waals surface area (Å²) in [6.07, 6.45) is 2.19. The number of nitrogens with zero attached hydrogens (tertiary/aromatic N) is 1. The molecule has 0 spiro atoms. The van der Waals surface area contributed by atoms with Gasteiger partial charge in [0.15, 0.2) is 6.10 Å². The quantitative estimate of drug-likeness (QED) is 0.530. The van der Waals surface area contributed by atoms with Gasteiger partial charge < -0.3 is 14.5 Å². The molecular weight excluding hydrogens is 380 g/mol. The fourth-order valence-electron chi connectivity index (χ4n) is 3.13. The van der Waals surface area contributed by atoms with Gasteiger partial charge in [0.25, 0.3) is 5.91 Å². The minimum atomic E-state index is -0.902. The van der Waals surface area contributed by atoms with Crippen LogP contribution in [0.5, 0.6) is 0 Å². The second-order valence-corrected chi connectivity index (χ2v) is 7.08. The highest BCUT2D eigenvalue weighted by molar-refractivity contribution is 5.84. The van der Waals surface area contributed by atoms with Crippen molar-refractivity contribution >= 4 is 11.9 Å². The van der Waals surface area contributed by atoms with Crippen molar-refractivity contribution in [3.63, 3.8) is 0 Å². The van der Waals surface area contributed by atoms with E-state index in [9.17, 15) is 9.59 Å². The Kier molecular flexibility index (Phi) is 7.38. The first-order valence-corrected chi connectivity index (χ1v) is 10.1. The van der Waals surface area contributed by atoms with Gasteiger partial charge in [0.2, 0.25) is 5.89 Å². The summed E-state index contributed by atoms with van der Waals surface area (Å²) in [6, 6.07) is 19.1. The van der Waals surface area contributed by atoms with Crippen molar-refractivity contribution in [2.45, 2.75) is 45.3 Å². The van der Waals surface area contributed by atoms with Gasteiger partial charge in [0, 0.05) is 5.56 Å². The van der Waals surface area contributed by atoms with Gasteiger partial charge in [-0.15, -0.1) is 0 Å². The van der Waals surface area contributed by atoms with Crippen LogP contribution in [-0.4, -0.2) is 23.0 Å². The number of oxazole rings is 1. The van der Waals surface area contributed by atoms with Gasteiger partial charge in [-0.2, -0.15) is 0 Å². The lowest BCUT2D eigenvalue weighted by Gasteiger charge is -2.21. The van der Waals surface area contributed by atoms with Crippen molar-refractivity contribution in [1.29, 1.82) is 0 Å². The van der Waals surface area contributed by atoms with Crippen LogP contribution in [0.4, 0.5) is 0 Å². The first-order chi connectivity index (χ1) is 14.6. The molecule has 30 heavy (non-hydrogen) atoms. The fourth-order valence-corrected chi connectivity index (χ4v) is 3.13. The standard InChI is InChI=1S/C24H26N2O4/c1-3-10-21(18-11-6-4-7-12-18)26-23(28)17(2)30-22(27)15-20-16-29-24(25-20)19-13-8-5-9-14-19/h4-9,11-14,16-17,21H,3,10,15H2,1-2H3,(H,26,28). The predicted octanol–water partition coefficient (Wildman–Crippen LogP) is 4.47. The highest BCUT2D eigenvalue weighted by Crippen LogP contribution is 2.19. The molecule has 156 valence electrons. The van der Waals surface area contributed by atoms with Crippen molar-refractivity contribution in [3.05, 3.63) is 78.2 Å². The Hall–Kier alpha value is -3.41. The number of hydrogen-bond donors (Lipinski definition) is 1. The number of carbonyl (C=O) groups is 2. The van der Waals surface area contributed by atoms with E-state index in [1.807, 2.05) is 60.7 Å². The summed E-state index contributed by atoms with van der Waals surface area (Å²) in [4.78, 5) is 29.1. The summed E-state index contributed by atoms with van der Waals surface area (Å²) in [5.41, 5.74) is 2.31. The fraction of sp³-hybridized carbons (Fsp3) is 0.292. The molecule has 1 aromatic heterocycles. The zero-order valence-corrected chi connectivity index (χ0v) is 17.2. The lowest BCUT2D eigenvalue weighted by molar-refractivity contribution is -0.154. The SMILES string of the molecule is CCCC(NC(=O)C(C)OC(=O)Cc1coc(-c2ccccc2)n1)c1ccccc1. The van der Waals surface area contributed by atoms with Crippen LogP contribution in [0.2, 0.25) is 0 Å². The average Bonchev–Trinajstić information content (AvgIpc) is 3.23. The molecule has 2 aromatic carbocycles. The molecule has 1 amide bonds. The molecule has 0 fully saturated rings. The predicted molar refractivity (Wildman–Crippen MR) is 113 cm³/mol. The Labute approximate surface area is 176 Å². The highest BCUT2D eigenvalue weighted by atomic mass is 16.5. The van der Waals surface area contributed by atoms with Crippen molar-refractivity contribution in [3.8, 4) is 11.5 Å². The molecule has 0 saturated heterocycles. The second-order valence-electron chi connectivity index (χ2n) is 7.08. The number of carbonyl (C=O) groups excluding carboxylic acids is 2. The molecule has 1 heterocycles. The van der Waals surface area contributed by atoms with Crippen LogP contribution in [-0.2, 0) is 20.7 Å². The lowest BCUT2D eigenvalue weighted by atomic mass is 10.0. The van der Waals surface area contributed by atoms with Crippen molar-refractivity contribution < 1.29 is 18.7 Å². The Bertz CT molecular complexity index is 954. The Morgan fingerprint density at radius 1 is 1.07 bits per heavy atom. The van der Waals surface area contributed by atoms with E-state index in [0.29, 0.717) is 11.6 Å². The minimum Gasteiger partial charge on any atom is -0.452 e. The summed E-state index contributed by atoms with van der Waals surface area (Å²) in [5.74, 6) is -0.414. The summed E-state index contributed by atoms with van der Waals surface area (Å²) < 4.78 is 10.7. The maximum atomic E-state index is 12.6. The highest BCUT2D eigenvalue weighted by Gasteiger charge is 2.22. The number of esters is 1. The van der Waals surface area contributed by atoms with Crippen LogP contribution in [0.25, 0.3) is 11.5 Å². The Balaban J connectivity index is 1.54. The monoisotopic (exact) mass is 406 g/mol. The average molecular weight is 406 g/mol. The topological polar surface area (TPSA) is 81.4 Å². The molecule has 2 unspecified atom stereocenters. The van der Waals surface area contributed by atoms with Crippen molar-refractivity contribution in [2.75, 3.05) is 0 Å². The molecular formula is C24H26N2O4. The molecule has 0 aliphatic heterocycles. The third-order valence-electron chi connectivity index (χ3n) is 4.67. The van der Waals surface area contributed by atoms with E-state index in [0.717, 1.165) is 24.0 Å². The van der Waals surface area contributed by atoms with Crippen molar-refractivity contribution in [1.82, 2.24) is 10.3 Å². The zero-order valence-electron chi connectivity index (χ0n) is 17.2. The summed E-state index contributed by atoms with van der Waals surface area (Å²) in [6.45, 7) is 3.63. The molecule has 0 radical (unpaired) electrons. The smallest absolute Gasteiger partial charge is 0.312 e. The maximum absolute atomic E-state index is 12.6. The van der Waals surface area contributed by atoms with Gasteiger partial charge in [-0.05, 0) is 31.0 Å². The third-order valence-corrected chi connectivity index (χ3v) is 4.67. The van der Waals surface area contributed by atoms with Gasteiger partial charge in [-0.25, -0.2) is 4.98 Å². The molecule has 3 rings (SSSR count). The molecule has 6 nitrogen and oxygen atoms in total. The lowest BCUT2D eigenvalue weighted by Crippen LogP contribution is -2.38. The number of amides is 1. The number of ether oxygens (including phenoxy) is 1. The first-order valence-electron chi connectivity index (χ1n) is 10.1. The van der Waals surface area contributed by atoms with Crippen LogP contribution in [0, 0.1) is 0 Å². The van der Waals surface area contributed by atoms with Gasteiger partial charge in [0.05, 0.1) is 18.2 Å². The Morgan fingerprint density at radius 3 is 2.40 bits per heavy atom. The molecule has 0 saturated carbocycles. The summed E-state index contributed by atoms with van der Waals surface area (Å²) >= 11 is 0. The number of benzene rings is 2. The van der Waals surface area contributed by atoms with E-state index in [1.165, 1.54) is 6.26 Å². The van der Waals surface area contributed by atoms with Crippen LogP contribution in [0.3, 0.4) is 0 Å². The van der Waals surface area contributed by atoms with Gasteiger partial charge >= 0.3 is 5.97 Å². The number of rotatable bonds is 9. The summed E-state index contributed by atoms with van der Waals surface area (Å²) in [5, 5.41) is 2.98. The normalized spacial score (nSPS) is 12.7. The van der Waals surface area contributed by atoms with Crippen LogP contribution in [0.1, 0.15) is 44.0 Å². The van der Waals surface area contributed by atoms with E-state index in [1.54, 1.807) is 6.92 Å². The number of hydrogen-bond acceptors (Lipinski definition) is 5. The largest absolute Gasteiger partial charge is 0.452 e. The van der Waals surface area contributed by atoms with E-state index < -0.39 is 12.1 Å². The van der Waals surface area contributed by atoms with Gasteiger partial charge in [-0.3, -0.25) is 9.59 Å². The molecule has 1 N–H and O–H groups in total. The van der Waals surface area contributed by atoms with Gasteiger partial charge in [0.1, 0.15) is 6.26 Å². The molecule has 3 aromatic rings. The van der Waals surface area contributed by atoms with Crippen molar-refractivity contribution in [2.24, 2.45) is 0 Å². The van der Waals surface area contributed by atoms with E-state index >= 15 is 0 Å². The Morgan fingerprint density at radius 2 is 1.73 bits per heavy atom. The maximum Gasteiger partial charge on any atom is 0.312 e. The summed E-state index contributed by atoms with van der Waals surface area (Å²) in [7, 11) is 0.